The van der Waals surface area contributed by atoms with E-state index in [1.54, 1.807) is 25.1 Å². The van der Waals surface area contributed by atoms with Crippen LogP contribution in [0, 0.1) is 12.8 Å². The zero-order valence-corrected chi connectivity index (χ0v) is 13.7. The van der Waals surface area contributed by atoms with Gasteiger partial charge in [0, 0.05) is 6.26 Å². The minimum atomic E-state index is -3.15. The van der Waals surface area contributed by atoms with Crippen molar-refractivity contribution in [2.45, 2.75) is 37.5 Å². The Morgan fingerprint density at radius 2 is 2.00 bits per heavy atom. The van der Waals surface area contributed by atoms with E-state index < -0.39 is 9.84 Å². The number of sulfone groups is 1. The van der Waals surface area contributed by atoms with Crippen LogP contribution in [0.15, 0.2) is 23.1 Å². The molecular weight excluding hydrogens is 286 g/mol. The van der Waals surface area contributed by atoms with Crippen molar-refractivity contribution in [3.8, 4) is 5.75 Å². The average molecular weight is 311 g/mol. The summed E-state index contributed by atoms with van der Waals surface area (Å²) in [5, 5.41) is 3.37. The summed E-state index contributed by atoms with van der Waals surface area (Å²) in [6.45, 7) is 4.77. The van der Waals surface area contributed by atoms with Gasteiger partial charge in [0.2, 0.25) is 0 Å². The summed E-state index contributed by atoms with van der Waals surface area (Å²) in [5.74, 6) is 1.58. The van der Waals surface area contributed by atoms with Crippen LogP contribution in [0.2, 0.25) is 0 Å². The molecule has 2 rings (SSSR count). The molecule has 1 N–H and O–H groups in total. The first-order valence-electron chi connectivity index (χ1n) is 7.61. The molecule has 1 aromatic rings. The lowest BCUT2D eigenvalue weighted by atomic mass is 9.93. The van der Waals surface area contributed by atoms with Crippen LogP contribution in [-0.2, 0) is 9.84 Å². The Kier molecular flexibility index (Phi) is 5.65. The molecule has 1 aromatic carbocycles. The van der Waals surface area contributed by atoms with Crippen molar-refractivity contribution in [1.82, 2.24) is 5.32 Å². The van der Waals surface area contributed by atoms with Gasteiger partial charge in [-0.15, -0.1) is 0 Å². The number of hydrogen-bond acceptors (Lipinski definition) is 4. The third-order valence-electron chi connectivity index (χ3n) is 4.03. The second-order valence-electron chi connectivity index (χ2n) is 5.88. The van der Waals surface area contributed by atoms with E-state index in [-0.39, 0.29) is 0 Å². The molecule has 0 aliphatic carbocycles. The number of aryl methyl sites for hydroxylation is 1. The van der Waals surface area contributed by atoms with E-state index in [4.69, 9.17) is 4.74 Å². The third-order valence-corrected chi connectivity index (χ3v) is 5.29. The molecule has 0 saturated carbocycles. The fourth-order valence-electron chi connectivity index (χ4n) is 2.86. The van der Waals surface area contributed by atoms with Crippen LogP contribution in [0.5, 0.6) is 5.75 Å². The fraction of sp³-hybridized carbons (Fsp3) is 0.625. The lowest BCUT2D eigenvalue weighted by molar-refractivity contribution is 0.273. The number of nitrogens with one attached hydrogen (secondary N) is 1. The summed E-state index contributed by atoms with van der Waals surface area (Å²) < 4.78 is 28.8. The summed E-state index contributed by atoms with van der Waals surface area (Å²) >= 11 is 0. The summed E-state index contributed by atoms with van der Waals surface area (Å²) in [6, 6.07) is 5.18. The zero-order chi connectivity index (χ0) is 15.3. The van der Waals surface area contributed by atoms with Gasteiger partial charge in [-0.2, -0.15) is 0 Å². The number of piperidine rings is 1. The zero-order valence-electron chi connectivity index (χ0n) is 12.9. The van der Waals surface area contributed by atoms with E-state index in [2.05, 4.69) is 5.32 Å². The smallest absolute Gasteiger partial charge is 0.175 e. The van der Waals surface area contributed by atoms with E-state index in [1.807, 2.05) is 0 Å². The molecule has 1 aliphatic rings. The van der Waals surface area contributed by atoms with Gasteiger partial charge in [-0.1, -0.05) is 0 Å². The van der Waals surface area contributed by atoms with Crippen LogP contribution in [-0.4, -0.2) is 34.4 Å². The van der Waals surface area contributed by atoms with Crippen LogP contribution in [0.4, 0.5) is 0 Å². The Bertz CT molecular complexity index is 563. The van der Waals surface area contributed by atoms with Gasteiger partial charge in [0.15, 0.2) is 9.84 Å². The molecule has 0 spiro atoms. The second-order valence-corrected chi connectivity index (χ2v) is 7.87. The highest BCUT2D eigenvalue weighted by atomic mass is 32.2. The Balaban J connectivity index is 1.79. The predicted octanol–water partition coefficient (Wildman–Crippen LogP) is 2.56. The normalized spacial score (nSPS) is 16.9. The molecule has 0 atom stereocenters. The molecule has 1 heterocycles. The van der Waals surface area contributed by atoms with Crippen molar-refractivity contribution in [3.63, 3.8) is 0 Å². The van der Waals surface area contributed by atoms with Gasteiger partial charge >= 0.3 is 0 Å². The number of benzene rings is 1. The van der Waals surface area contributed by atoms with Crippen LogP contribution < -0.4 is 10.1 Å². The van der Waals surface area contributed by atoms with Crippen LogP contribution in [0.1, 0.15) is 31.2 Å². The molecular formula is C16H25NO3S. The molecule has 4 nitrogen and oxygen atoms in total. The highest BCUT2D eigenvalue weighted by Crippen LogP contribution is 2.22. The molecule has 5 heteroatoms. The molecule has 21 heavy (non-hydrogen) atoms. The topological polar surface area (TPSA) is 55.4 Å². The molecule has 0 bridgehead atoms. The molecule has 1 saturated heterocycles. The van der Waals surface area contributed by atoms with Gasteiger partial charge in [0.05, 0.1) is 11.5 Å². The van der Waals surface area contributed by atoms with E-state index in [0.29, 0.717) is 11.5 Å². The summed E-state index contributed by atoms with van der Waals surface area (Å²) in [7, 11) is -3.15. The molecule has 1 fully saturated rings. The molecule has 0 amide bonds. The highest BCUT2D eigenvalue weighted by Gasteiger charge is 2.13. The van der Waals surface area contributed by atoms with Crippen LogP contribution in [0.3, 0.4) is 0 Å². The van der Waals surface area contributed by atoms with E-state index in [1.165, 1.54) is 25.5 Å². The number of ether oxygens (including phenoxy) is 1. The van der Waals surface area contributed by atoms with Gasteiger partial charge in [-0.05, 0) is 75.4 Å². The first-order chi connectivity index (χ1) is 9.97. The molecule has 0 unspecified atom stereocenters. The van der Waals surface area contributed by atoms with E-state index >= 15 is 0 Å². The van der Waals surface area contributed by atoms with Gasteiger partial charge in [-0.25, -0.2) is 8.42 Å². The molecule has 0 aromatic heterocycles. The maximum absolute atomic E-state index is 11.6. The first-order valence-corrected chi connectivity index (χ1v) is 9.50. The SMILES string of the molecule is Cc1cc(OCCCC2CCNCC2)ccc1S(C)(=O)=O. The Labute approximate surface area is 127 Å². The average Bonchev–Trinajstić information content (AvgIpc) is 2.43. The lowest BCUT2D eigenvalue weighted by Gasteiger charge is -2.22. The predicted molar refractivity (Wildman–Crippen MR) is 84.6 cm³/mol. The van der Waals surface area contributed by atoms with Gasteiger partial charge in [0.25, 0.3) is 0 Å². The van der Waals surface area contributed by atoms with Gasteiger partial charge in [0.1, 0.15) is 5.75 Å². The minimum absolute atomic E-state index is 0.379. The van der Waals surface area contributed by atoms with Crippen molar-refractivity contribution >= 4 is 9.84 Å². The first kappa shape index (κ1) is 16.3. The largest absolute Gasteiger partial charge is 0.494 e. The third kappa shape index (κ3) is 5.00. The van der Waals surface area contributed by atoms with Crippen LogP contribution in [0.25, 0.3) is 0 Å². The van der Waals surface area contributed by atoms with Crippen LogP contribution >= 0.6 is 0 Å². The lowest BCUT2D eigenvalue weighted by Crippen LogP contribution is -2.27. The summed E-state index contributed by atoms with van der Waals surface area (Å²) in [5.41, 5.74) is 0.744. The maximum Gasteiger partial charge on any atom is 0.175 e. The quantitative estimate of drug-likeness (QED) is 0.820. The van der Waals surface area contributed by atoms with E-state index in [9.17, 15) is 8.42 Å². The van der Waals surface area contributed by atoms with Crippen molar-refractivity contribution in [2.24, 2.45) is 5.92 Å². The fourth-order valence-corrected chi connectivity index (χ4v) is 3.82. The van der Waals surface area contributed by atoms with Crippen molar-refractivity contribution in [1.29, 1.82) is 0 Å². The van der Waals surface area contributed by atoms with E-state index in [0.717, 1.165) is 36.7 Å². The Hall–Kier alpha value is -1.07. The molecule has 1 aliphatic heterocycles. The maximum atomic E-state index is 11.6. The molecule has 0 radical (unpaired) electrons. The standard InChI is InChI=1S/C16H25NO3S/c1-13-12-15(5-6-16(13)21(2,18)19)20-11-3-4-14-7-9-17-10-8-14/h5-6,12,14,17H,3-4,7-11H2,1-2H3. The summed E-state index contributed by atoms with van der Waals surface area (Å²) in [4.78, 5) is 0.379. The Morgan fingerprint density at radius 3 is 2.62 bits per heavy atom. The number of hydrogen-bond donors (Lipinski definition) is 1. The highest BCUT2D eigenvalue weighted by molar-refractivity contribution is 7.90. The Morgan fingerprint density at radius 1 is 1.29 bits per heavy atom. The van der Waals surface area contributed by atoms with Crippen molar-refractivity contribution in [3.05, 3.63) is 23.8 Å². The van der Waals surface area contributed by atoms with Gasteiger partial charge in [-0.3, -0.25) is 0 Å². The molecule has 118 valence electrons. The van der Waals surface area contributed by atoms with Crippen molar-refractivity contribution < 1.29 is 13.2 Å². The summed E-state index contributed by atoms with van der Waals surface area (Å²) in [6.07, 6.45) is 6.03. The van der Waals surface area contributed by atoms with Crippen molar-refractivity contribution in [2.75, 3.05) is 26.0 Å². The number of rotatable bonds is 6. The monoisotopic (exact) mass is 311 g/mol. The minimum Gasteiger partial charge on any atom is -0.494 e. The van der Waals surface area contributed by atoms with Gasteiger partial charge < -0.3 is 10.1 Å². The second kappa shape index (κ2) is 7.27.